The largest absolute Gasteiger partial charge is 0.314 e. The Bertz CT molecular complexity index is 105. The normalized spacial score (nSPS) is 14.6. The lowest BCUT2D eigenvalue weighted by molar-refractivity contribution is 0.410. The van der Waals surface area contributed by atoms with Crippen LogP contribution >= 0.6 is 0 Å². The van der Waals surface area contributed by atoms with Crippen molar-refractivity contribution in [2.45, 2.75) is 40.2 Å². The fraction of sp³-hybridized carbons (Fsp3) is 0.800. The van der Waals surface area contributed by atoms with E-state index in [9.17, 15) is 0 Å². The van der Waals surface area contributed by atoms with Gasteiger partial charge >= 0.3 is 0 Å². The Kier molecular flexibility index (Phi) is 6.24. The molecule has 0 aromatic carbocycles. The molecule has 0 aromatic heterocycles. The van der Waals surface area contributed by atoms with Crippen molar-refractivity contribution in [1.82, 2.24) is 5.32 Å². The second-order valence-electron chi connectivity index (χ2n) is 3.21. The molecule has 0 aliphatic rings. The highest BCUT2D eigenvalue weighted by Crippen LogP contribution is 2.06. The van der Waals surface area contributed by atoms with Gasteiger partial charge in [0.05, 0.1) is 0 Å². The minimum Gasteiger partial charge on any atom is -0.314 e. The van der Waals surface area contributed by atoms with Gasteiger partial charge in [-0.1, -0.05) is 32.9 Å². The molecule has 0 heterocycles. The first-order valence-electron chi connectivity index (χ1n) is 4.56. The van der Waals surface area contributed by atoms with E-state index in [4.69, 9.17) is 0 Å². The molecule has 1 N–H and O–H groups in total. The minimum absolute atomic E-state index is 0.649. The summed E-state index contributed by atoms with van der Waals surface area (Å²) in [7, 11) is 0. The highest BCUT2D eigenvalue weighted by Gasteiger charge is 2.08. The van der Waals surface area contributed by atoms with E-state index in [1.54, 1.807) is 0 Å². The topological polar surface area (TPSA) is 12.0 Å². The fourth-order valence-corrected chi connectivity index (χ4v) is 1.14. The van der Waals surface area contributed by atoms with Crippen molar-refractivity contribution in [1.29, 1.82) is 0 Å². The monoisotopic (exact) mass is 155 g/mol. The number of nitrogens with one attached hydrogen (secondary N) is 1. The van der Waals surface area contributed by atoms with Crippen molar-refractivity contribution in [2.24, 2.45) is 5.92 Å². The van der Waals surface area contributed by atoms with E-state index in [-0.39, 0.29) is 0 Å². The van der Waals surface area contributed by atoms with Crippen LogP contribution in [0.3, 0.4) is 0 Å². The molecule has 0 saturated carbocycles. The van der Waals surface area contributed by atoms with Crippen LogP contribution in [0.5, 0.6) is 0 Å². The SMILES string of the molecule is C/C=C\CC(NCC)C(C)C. The summed E-state index contributed by atoms with van der Waals surface area (Å²) in [5, 5.41) is 3.47. The van der Waals surface area contributed by atoms with Gasteiger partial charge in [-0.3, -0.25) is 0 Å². The van der Waals surface area contributed by atoms with Crippen LogP contribution in [0.2, 0.25) is 0 Å². The minimum atomic E-state index is 0.649. The summed E-state index contributed by atoms with van der Waals surface area (Å²) in [6.45, 7) is 9.82. The first kappa shape index (κ1) is 10.7. The summed E-state index contributed by atoms with van der Waals surface area (Å²) < 4.78 is 0. The van der Waals surface area contributed by atoms with Gasteiger partial charge in [-0.05, 0) is 25.8 Å². The van der Waals surface area contributed by atoms with E-state index in [0.717, 1.165) is 18.9 Å². The van der Waals surface area contributed by atoms with Gasteiger partial charge in [0.15, 0.2) is 0 Å². The third-order valence-corrected chi connectivity index (χ3v) is 1.90. The molecule has 1 heteroatoms. The Morgan fingerprint density at radius 2 is 2.00 bits per heavy atom. The zero-order valence-electron chi connectivity index (χ0n) is 8.22. The van der Waals surface area contributed by atoms with Gasteiger partial charge in [-0.25, -0.2) is 0 Å². The van der Waals surface area contributed by atoms with Crippen molar-refractivity contribution >= 4 is 0 Å². The van der Waals surface area contributed by atoms with E-state index in [2.05, 4.69) is 45.2 Å². The first-order valence-corrected chi connectivity index (χ1v) is 4.56. The quantitative estimate of drug-likeness (QED) is 0.602. The zero-order valence-corrected chi connectivity index (χ0v) is 8.22. The van der Waals surface area contributed by atoms with Gasteiger partial charge in [-0.2, -0.15) is 0 Å². The van der Waals surface area contributed by atoms with Crippen LogP contribution in [0.25, 0.3) is 0 Å². The second-order valence-corrected chi connectivity index (χ2v) is 3.21. The van der Waals surface area contributed by atoms with Crippen molar-refractivity contribution in [3.05, 3.63) is 12.2 Å². The number of hydrogen-bond donors (Lipinski definition) is 1. The lowest BCUT2D eigenvalue weighted by Gasteiger charge is -2.19. The van der Waals surface area contributed by atoms with Gasteiger partial charge in [0.2, 0.25) is 0 Å². The lowest BCUT2D eigenvalue weighted by atomic mass is 10.0. The Hall–Kier alpha value is -0.300. The highest BCUT2D eigenvalue weighted by atomic mass is 14.9. The average molecular weight is 155 g/mol. The number of hydrogen-bond acceptors (Lipinski definition) is 1. The van der Waals surface area contributed by atoms with Crippen LogP contribution in [-0.4, -0.2) is 12.6 Å². The molecule has 1 unspecified atom stereocenters. The predicted octanol–water partition coefficient (Wildman–Crippen LogP) is 2.59. The Balaban J connectivity index is 3.69. The molecule has 66 valence electrons. The lowest BCUT2D eigenvalue weighted by Crippen LogP contribution is -2.32. The van der Waals surface area contributed by atoms with Gasteiger partial charge in [0.1, 0.15) is 0 Å². The van der Waals surface area contributed by atoms with Crippen molar-refractivity contribution < 1.29 is 0 Å². The maximum Gasteiger partial charge on any atom is 0.0124 e. The smallest absolute Gasteiger partial charge is 0.0124 e. The molecule has 0 saturated heterocycles. The summed E-state index contributed by atoms with van der Waals surface area (Å²) in [5.41, 5.74) is 0. The molecule has 0 radical (unpaired) electrons. The third kappa shape index (κ3) is 5.02. The van der Waals surface area contributed by atoms with E-state index < -0.39 is 0 Å². The highest BCUT2D eigenvalue weighted by molar-refractivity contribution is 4.84. The maximum atomic E-state index is 3.47. The molecule has 11 heavy (non-hydrogen) atoms. The maximum absolute atomic E-state index is 3.47. The second kappa shape index (κ2) is 6.41. The van der Waals surface area contributed by atoms with Gasteiger partial charge in [0, 0.05) is 6.04 Å². The number of rotatable bonds is 5. The zero-order chi connectivity index (χ0) is 8.69. The molecule has 1 atom stereocenters. The Morgan fingerprint density at radius 1 is 1.36 bits per heavy atom. The van der Waals surface area contributed by atoms with E-state index in [0.29, 0.717) is 6.04 Å². The van der Waals surface area contributed by atoms with Crippen LogP contribution < -0.4 is 5.32 Å². The summed E-state index contributed by atoms with van der Waals surface area (Å²) >= 11 is 0. The molecular formula is C10H21N. The average Bonchev–Trinajstić information content (AvgIpc) is 1.97. The van der Waals surface area contributed by atoms with Crippen molar-refractivity contribution in [3.8, 4) is 0 Å². The van der Waals surface area contributed by atoms with E-state index in [1.165, 1.54) is 0 Å². The first-order chi connectivity index (χ1) is 5.22. The van der Waals surface area contributed by atoms with Gasteiger partial charge < -0.3 is 5.32 Å². The van der Waals surface area contributed by atoms with Crippen LogP contribution in [0.1, 0.15) is 34.1 Å². The number of allylic oxidation sites excluding steroid dienone is 1. The van der Waals surface area contributed by atoms with Gasteiger partial charge in [-0.15, -0.1) is 0 Å². The summed E-state index contributed by atoms with van der Waals surface area (Å²) in [4.78, 5) is 0. The van der Waals surface area contributed by atoms with E-state index in [1.807, 2.05) is 0 Å². The summed E-state index contributed by atoms with van der Waals surface area (Å²) in [6, 6.07) is 0.649. The summed E-state index contributed by atoms with van der Waals surface area (Å²) in [5.74, 6) is 0.728. The predicted molar refractivity (Wildman–Crippen MR) is 51.7 cm³/mol. The molecule has 0 spiro atoms. The molecular weight excluding hydrogens is 134 g/mol. The fourth-order valence-electron chi connectivity index (χ4n) is 1.14. The van der Waals surface area contributed by atoms with Gasteiger partial charge in [0.25, 0.3) is 0 Å². The Labute approximate surface area is 70.9 Å². The summed E-state index contributed by atoms with van der Waals surface area (Å²) in [6.07, 6.45) is 5.50. The van der Waals surface area contributed by atoms with Crippen LogP contribution in [-0.2, 0) is 0 Å². The molecule has 0 aliphatic heterocycles. The molecule has 0 amide bonds. The molecule has 0 fully saturated rings. The Morgan fingerprint density at radius 3 is 2.36 bits per heavy atom. The van der Waals surface area contributed by atoms with Crippen LogP contribution in [0.4, 0.5) is 0 Å². The standard InChI is InChI=1S/C10H21N/c1-5-7-8-10(9(3)4)11-6-2/h5,7,9-11H,6,8H2,1-4H3/b7-5-. The molecule has 0 rings (SSSR count). The van der Waals surface area contributed by atoms with Crippen molar-refractivity contribution in [2.75, 3.05) is 6.54 Å². The third-order valence-electron chi connectivity index (χ3n) is 1.90. The van der Waals surface area contributed by atoms with Crippen LogP contribution in [0, 0.1) is 5.92 Å². The molecule has 1 nitrogen and oxygen atoms in total. The molecule has 0 bridgehead atoms. The van der Waals surface area contributed by atoms with E-state index >= 15 is 0 Å². The molecule has 0 aromatic rings. The van der Waals surface area contributed by atoms with Crippen molar-refractivity contribution in [3.63, 3.8) is 0 Å². The molecule has 0 aliphatic carbocycles. The van der Waals surface area contributed by atoms with Crippen LogP contribution in [0.15, 0.2) is 12.2 Å².